The monoisotopic (exact) mass is 748 g/mol. The van der Waals surface area contributed by atoms with Crippen molar-refractivity contribution in [2.75, 3.05) is 20.7 Å². The minimum atomic E-state index is -2.24. The molecular formula is C41H56N4O9. The zero-order chi connectivity index (χ0) is 39.9. The lowest BCUT2D eigenvalue weighted by molar-refractivity contribution is -0.149. The predicted molar refractivity (Wildman–Crippen MR) is 203 cm³/mol. The summed E-state index contributed by atoms with van der Waals surface area (Å²) < 4.78 is 5.95. The number of amides is 3. The van der Waals surface area contributed by atoms with Crippen LogP contribution in [-0.2, 0) is 23.9 Å². The quantitative estimate of drug-likeness (QED) is 0.0842. The summed E-state index contributed by atoms with van der Waals surface area (Å²) in [4.78, 5) is 55.2. The van der Waals surface area contributed by atoms with Crippen LogP contribution in [0.15, 0.2) is 91.0 Å². The summed E-state index contributed by atoms with van der Waals surface area (Å²) in [5.41, 5.74) is 1.98. The number of nitrogens with zero attached hydrogens (tertiary/aromatic N) is 1. The number of hydrogen-bond donors (Lipinski definition) is 7. The normalized spacial score (nSPS) is 15.5. The van der Waals surface area contributed by atoms with E-state index < -0.39 is 73.0 Å². The lowest BCUT2D eigenvalue weighted by atomic mass is 9.97. The van der Waals surface area contributed by atoms with Gasteiger partial charge in [0, 0.05) is 0 Å². The molecule has 0 unspecified atom stereocenters. The fourth-order valence-corrected chi connectivity index (χ4v) is 6.32. The highest BCUT2D eigenvalue weighted by Crippen LogP contribution is 2.28. The molecule has 54 heavy (non-hydrogen) atoms. The van der Waals surface area contributed by atoms with E-state index in [-0.39, 0.29) is 30.6 Å². The number of aliphatic hydroxyl groups is 4. The van der Waals surface area contributed by atoms with E-state index >= 15 is 0 Å². The molecule has 13 heteroatoms. The van der Waals surface area contributed by atoms with Gasteiger partial charge >= 0.3 is 5.97 Å². The molecule has 0 aliphatic carbocycles. The van der Waals surface area contributed by atoms with Crippen LogP contribution in [0.1, 0.15) is 69.4 Å². The van der Waals surface area contributed by atoms with E-state index in [1.807, 2.05) is 88.4 Å². The Bertz CT molecular complexity index is 1560. The fraction of sp³-hybridized carbons (Fsp3) is 0.463. The van der Waals surface area contributed by atoms with Gasteiger partial charge in [0.1, 0.15) is 18.2 Å². The molecule has 3 rings (SSSR count). The van der Waals surface area contributed by atoms with Crippen LogP contribution in [0.3, 0.4) is 0 Å². The van der Waals surface area contributed by atoms with Crippen LogP contribution < -0.4 is 16.0 Å². The topological polar surface area (TPSA) is 198 Å². The Balaban J connectivity index is 1.74. The van der Waals surface area contributed by atoms with Crippen LogP contribution in [0, 0.1) is 11.8 Å². The van der Waals surface area contributed by atoms with Crippen molar-refractivity contribution in [1.29, 1.82) is 0 Å². The molecular weight excluding hydrogens is 692 g/mol. The number of esters is 1. The Morgan fingerprint density at radius 2 is 1.17 bits per heavy atom. The first-order valence-electron chi connectivity index (χ1n) is 18.2. The number of likely N-dealkylation sites (N-methyl/N-ethyl adjacent to an activating group) is 1. The number of hydrogen-bond acceptors (Lipinski definition) is 10. The summed E-state index contributed by atoms with van der Waals surface area (Å²) in [7, 11) is 3.51. The lowest BCUT2D eigenvalue weighted by Gasteiger charge is -2.32. The zero-order valence-corrected chi connectivity index (χ0v) is 31.8. The minimum Gasteiger partial charge on any atom is -0.452 e. The first-order valence-corrected chi connectivity index (χ1v) is 18.2. The number of benzene rings is 3. The van der Waals surface area contributed by atoms with Gasteiger partial charge in [-0.15, -0.1) is 0 Å². The van der Waals surface area contributed by atoms with Crippen LogP contribution in [0.2, 0.25) is 0 Å². The molecule has 0 spiro atoms. The molecule has 0 aliphatic rings. The molecule has 0 saturated heterocycles. The first kappa shape index (κ1) is 43.7. The highest BCUT2D eigenvalue weighted by molar-refractivity contribution is 5.90. The van der Waals surface area contributed by atoms with E-state index in [0.717, 1.165) is 11.1 Å². The predicted octanol–water partition coefficient (Wildman–Crippen LogP) is 2.24. The molecule has 7 atom stereocenters. The second kappa shape index (κ2) is 21.3. The largest absolute Gasteiger partial charge is 0.452 e. The van der Waals surface area contributed by atoms with Gasteiger partial charge in [0.15, 0.2) is 12.2 Å². The van der Waals surface area contributed by atoms with E-state index in [4.69, 9.17) is 4.74 Å². The number of rotatable bonds is 20. The maximum Gasteiger partial charge on any atom is 0.309 e. The smallest absolute Gasteiger partial charge is 0.309 e. The Morgan fingerprint density at radius 1 is 0.667 bits per heavy atom. The summed E-state index contributed by atoms with van der Waals surface area (Å²) in [6.07, 6.45) is -7.29. The summed E-state index contributed by atoms with van der Waals surface area (Å²) >= 11 is 0. The summed E-state index contributed by atoms with van der Waals surface area (Å²) in [6, 6.07) is 22.8. The molecule has 0 heterocycles. The SMILES string of the molecule is CC(C)C[C@H](NC(=O)[C@H](C(C)C)N(C)C)C(=O)N[C@@H](CO)[C@@H](O)[C@@H](O)[C@H](O)C(=O)N[C@@H](CC(=O)OC(c1ccccc1)c1ccccc1)c1ccccc1. The minimum absolute atomic E-state index is 0.0241. The molecule has 0 fully saturated rings. The maximum absolute atomic E-state index is 13.5. The van der Waals surface area contributed by atoms with Gasteiger partial charge in [-0.1, -0.05) is 119 Å². The lowest BCUT2D eigenvalue weighted by Crippen LogP contribution is -2.60. The molecule has 3 aromatic rings. The molecule has 13 nitrogen and oxygen atoms in total. The van der Waals surface area contributed by atoms with Gasteiger partial charge in [-0.2, -0.15) is 0 Å². The van der Waals surface area contributed by atoms with Crippen LogP contribution in [0.4, 0.5) is 0 Å². The van der Waals surface area contributed by atoms with Gasteiger partial charge in [-0.3, -0.25) is 24.1 Å². The van der Waals surface area contributed by atoms with Gasteiger partial charge in [0.2, 0.25) is 11.8 Å². The summed E-state index contributed by atoms with van der Waals surface area (Å²) in [5, 5.41) is 50.8. The van der Waals surface area contributed by atoms with E-state index in [2.05, 4.69) is 16.0 Å². The Morgan fingerprint density at radius 3 is 1.61 bits per heavy atom. The molecule has 3 amide bonds. The summed E-state index contributed by atoms with van der Waals surface area (Å²) in [5.74, 6) is -2.98. The van der Waals surface area contributed by atoms with Crippen molar-refractivity contribution < 1.29 is 44.3 Å². The van der Waals surface area contributed by atoms with E-state index in [1.54, 1.807) is 49.3 Å². The Labute approximate surface area is 317 Å². The third kappa shape index (κ3) is 12.7. The van der Waals surface area contributed by atoms with Crippen molar-refractivity contribution in [3.8, 4) is 0 Å². The first-order chi connectivity index (χ1) is 25.6. The Kier molecular flexibility index (Phi) is 17.2. The molecule has 7 N–H and O–H groups in total. The number of carbonyl (C=O) groups excluding carboxylic acids is 4. The van der Waals surface area contributed by atoms with Gasteiger partial charge in [0.05, 0.1) is 31.2 Å². The van der Waals surface area contributed by atoms with Gasteiger partial charge in [0.25, 0.3) is 5.91 Å². The second-order valence-corrected chi connectivity index (χ2v) is 14.4. The highest BCUT2D eigenvalue weighted by atomic mass is 16.5. The van der Waals surface area contributed by atoms with E-state index in [1.165, 1.54) is 0 Å². The molecule has 0 aromatic heterocycles. The van der Waals surface area contributed by atoms with Crippen LogP contribution in [-0.4, -0.2) is 106 Å². The van der Waals surface area contributed by atoms with E-state index in [0.29, 0.717) is 5.56 Å². The molecule has 3 aromatic carbocycles. The Hall–Kier alpha value is -4.66. The molecule has 0 aliphatic heterocycles. The van der Waals surface area contributed by atoms with Crippen molar-refractivity contribution in [3.05, 3.63) is 108 Å². The molecule has 0 saturated carbocycles. The van der Waals surface area contributed by atoms with Crippen molar-refractivity contribution >= 4 is 23.7 Å². The molecule has 294 valence electrons. The zero-order valence-electron chi connectivity index (χ0n) is 31.8. The maximum atomic E-state index is 13.5. The highest BCUT2D eigenvalue weighted by Gasteiger charge is 2.38. The number of carbonyl (C=O) groups is 4. The van der Waals surface area contributed by atoms with Gasteiger partial charge in [-0.25, -0.2) is 0 Å². The van der Waals surface area contributed by atoms with Crippen molar-refractivity contribution in [2.24, 2.45) is 11.8 Å². The fourth-order valence-electron chi connectivity index (χ4n) is 6.32. The van der Waals surface area contributed by atoms with Crippen molar-refractivity contribution in [3.63, 3.8) is 0 Å². The van der Waals surface area contributed by atoms with Crippen LogP contribution in [0.5, 0.6) is 0 Å². The van der Waals surface area contributed by atoms with Crippen LogP contribution >= 0.6 is 0 Å². The van der Waals surface area contributed by atoms with Gasteiger partial charge < -0.3 is 41.1 Å². The standard InChI is InChI=1S/C41H56N4O9/c1-25(2)22-31(43-40(52)34(26(3)4)45(5)6)39(51)44-32(24-46)35(48)36(49)37(50)41(53)42-30(27-16-10-7-11-17-27)23-33(47)54-38(28-18-12-8-13-19-28)29-20-14-9-15-21-29/h7-21,25-26,30-32,34-38,46,48-50H,22-24H2,1-6H3,(H,42,53)(H,43,52)(H,44,51)/t30-,31-,32-,34-,35+,36+,37-/m0/s1. The summed E-state index contributed by atoms with van der Waals surface area (Å²) in [6.45, 7) is 6.62. The van der Waals surface area contributed by atoms with Crippen molar-refractivity contribution in [1.82, 2.24) is 20.9 Å². The average Bonchev–Trinajstić information content (AvgIpc) is 3.15. The van der Waals surface area contributed by atoms with Gasteiger partial charge in [-0.05, 0) is 49.0 Å². The third-order valence-corrected chi connectivity index (χ3v) is 9.02. The average molecular weight is 749 g/mol. The molecule has 0 bridgehead atoms. The molecule has 0 radical (unpaired) electrons. The van der Waals surface area contributed by atoms with Crippen LogP contribution in [0.25, 0.3) is 0 Å². The van der Waals surface area contributed by atoms with Crippen molar-refractivity contribution in [2.45, 2.75) is 89.1 Å². The number of ether oxygens (including phenoxy) is 1. The third-order valence-electron chi connectivity index (χ3n) is 9.02. The van der Waals surface area contributed by atoms with E-state index in [9.17, 15) is 39.6 Å². The second-order valence-electron chi connectivity index (χ2n) is 14.4. The number of aliphatic hydroxyl groups excluding tert-OH is 4. The number of nitrogens with one attached hydrogen (secondary N) is 3.